The molecule has 1 aliphatic carbocycles. The molecule has 25 heavy (non-hydrogen) atoms. The van der Waals surface area contributed by atoms with Gasteiger partial charge in [0.25, 0.3) is 5.91 Å². The summed E-state index contributed by atoms with van der Waals surface area (Å²) < 4.78 is 0. The molecular weight excluding hydrogens is 314 g/mol. The van der Waals surface area contributed by atoms with Gasteiger partial charge >= 0.3 is 0 Å². The van der Waals surface area contributed by atoms with Crippen LogP contribution in [0.5, 0.6) is 0 Å². The number of piperazine rings is 1. The molecule has 0 aromatic heterocycles. The van der Waals surface area contributed by atoms with E-state index in [4.69, 9.17) is 0 Å². The van der Waals surface area contributed by atoms with Crippen LogP contribution in [0.15, 0.2) is 24.3 Å². The molecule has 0 radical (unpaired) electrons. The molecule has 1 saturated heterocycles. The number of hydrogen-bond donors (Lipinski definition) is 1. The van der Waals surface area contributed by atoms with E-state index in [1.54, 1.807) is 7.05 Å². The summed E-state index contributed by atoms with van der Waals surface area (Å²) in [4.78, 5) is 29.2. The molecule has 3 rings (SSSR count). The van der Waals surface area contributed by atoms with Gasteiger partial charge in [-0.1, -0.05) is 31.4 Å². The van der Waals surface area contributed by atoms with Gasteiger partial charge in [-0.25, -0.2) is 0 Å². The largest absolute Gasteiger partial charge is 0.355 e. The van der Waals surface area contributed by atoms with Crippen molar-refractivity contribution < 1.29 is 9.59 Å². The van der Waals surface area contributed by atoms with Crippen LogP contribution in [0.25, 0.3) is 0 Å². The number of hydrogen-bond acceptors (Lipinski definition) is 3. The van der Waals surface area contributed by atoms with Gasteiger partial charge in [0.15, 0.2) is 0 Å². The maximum absolute atomic E-state index is 12.9. The minimum atomic E-state index is -0.0737. The lowest BCUT2D eigenvalue weighted by atomic mass is 9.87. The summed E-state index contributed by atoms with van der Waals surface area (Å²) in [5.74, 6) is 0.478. The van der Waals surface area contributed by atoms with Crippen LogP contribution < -0.4 is 5.32 Å². The maximum Gasteiger partial charge on any atom is 0.251 e. The zero-order valence-corrected chi connectivity index (χ0v) is 15.3. The number of nitrogens with zero attached hydrogens (tertiary/aromatic N) is 2. The van der Waals surface area contributed by atoms with E-state index in [-0.39, 0.29) is 17.9 Å². The van der Waals surface area contributed by atoms with Gasteiger partial charge in [0.05, 0.1) is 6.04 Å². The Morgan fingerprint density at radius 2 is 1.88 bits per heavy atom. The zero-order valence-electron chi connectivity index (χ0n) is 15.3. The summed E-state index contributed by atoms with van der Waals surface area (Å²) in [5, 5.41) is 2.68. The van der Waals surface area contributed by atoms with E-state index in [0.29, 0.717) is 18.0 Å². The lowest BCUT2D eigenvalue weighted by Gasteiger charge is -2.41. The normalized spacial score (nSPS) is 22.6. The molecule has 1 N–H and O–H groups in total. The predicted molar refractivity (Wildman–Crippen MR) is 98.4 cm³/mol. The highest BCUT2D eigenvalue weighted by Gasteiger charge is 2.32. The van der Waals surface area contributed by atoms with Crippen molar-refractivity contribution in [1.82, 2.24) is 15.1 Å². The van der Waals surface area contributed by atoms with Crippen LogP contribution >= 0.6 is 0 Å². The third kappa shape index (κ3) is 4.03. The molecule has 136 valence electrons. The van der Waals surface area contributed by atoms with Gasteiger partial charge in [-0.2, -0.15) is 0 Å². The van der Waals surface area contributed by atoms with Crippen LogP contribution in [-0.2, 0) is 4.79 Å². The van der Waals surface area contributed by atoms with Gasteiger partial charge in [-0.3, -0.25) is 14.5 Å². The highest BCUT2D eigenvalue weighted by Crippen LogP contribution is 2.29. The summed E-state index contributed by atoms with van der Waals surface area (Å²) >= 11 is 0. The number of likely N-dealkylation sites (N-methyl/N-ethyl adjacent to an activating group) is 1. The summed E-state index contributed by atoms with van der Waals surface area (Å²) in [6.07, 6.45) is 5.72. The highest BCUT2D eigenvalue weighted by atomic mass is 16.2. The maximum atomic E-state index is 12.9. The number of rotatable bonds is 3. The number of carbonyl (C=O) groups is 2. The number of amides is 2. The minimum absolute atomic E-state index is 0.0737. The SMILES string of the molecule is CNC(=O)c1cccc([C@H]2CN(C(=O)C3CCCCC3)CCN2C)c1. The van der Waals surface area contributed by atoms with E-state index >= 15 is 0 Å². The summed E-state index contributed by atoms with van der Waals surface area (Å²) in [5.41, 5.74) is 1.77. The molecule has 1 saturated carbocycles. The first kappa shape index (κ1) is 17.9. The molecule has 1 aliphatic heterocycles. The molecule has 2 amide bonds. The average Bonchev–Trinajstić information content (AvgIpc) is 2.68. The first-order valence-electron chi connectivity index (χ1n) is 9.41. The Morgan fingerprint density at radius 1 is 1.12 bits per heavy atom. The van der Waals surface area contributed by atoms with Crippen molar-refractivity contribution in [3.63, 3.8) is 0 Å². The van der Waals surface area contributed by atoms with Crippen molar-refractivity contribution in [2.45, 2.75) is 38.1 Å². The Hall–Kier alpha value is -1.88. The predicted octanol–water partition coefficient (Wildman–Crippen LogP) is 2.44. The second-order valence-electron chi connectivity index (χ2n) is 7.32. The number of benzene rings is 1. The molecule has 1 atom stereocenters. The van der Waals surface area contributed by atoms with Crippen molar-refractivity contribution in [3.8, 4) is 0 Å². The van der Waals surface area contributed by atoms with Crippen molar-refractivity contribution in [3.05, 3.63) is 35.4 Å². The Balaban J connectivity index is 1.74. The van der Waals surface area contributed by atoms with Crippen LogP contribution in [0, 0.1) is 5.92 Å². The summed E-state index contributed by atoms with van der Waals surface area (Å²) in [6.45, 7) is 2.38. The van der Waals surface area contributed by atoms with Crippen LogP contribution in [0.2, 0.25) is 0 Å². The van der Waals surface area contributed by atoms with Crippen LogP contribution in [-0.4, -0.2) is 55.3 Å². The fraction of sp³-hybridized carbons (Fsp3) is 0.600. The zero-order chi connectivity index (χ0) is 17.8. The highest BCUT2D eigenvalue weighted by molar-refractivity contribution is 5.94. The van der Waals surface area contributed by atoms with Gasteiger partial charge < -0.3 is 10.2 Å². The van der Waals surface area contributed by atoms with Gasteiger partial charge in [-0.15, -0.1) is 0 Å². The monoisotopic (exact) mass is 343 g/mol. The van der Waals surface area contributed by atoms with Gasteiger partial charge in [-0.05, 0) is 37.6 Å². The standard InChI is InChI=1S/C20H29N3O2/c1-21-19(24)17-10-6-9-16(13-17)18-14-23(12-11-22(18)2)20(25)15-7-4-3-5-8-15/h6,9-10,13,15,18H,3-5,7-8,11-12,14H2,1-2H3,(H,21,24)/t18-/m1/s1. The van der Waals surface area contributed by atoms with Crippen LogP contribution in [0.1, 0.15) is 54.1 Å². The smallest absolute Gasteiger partial charge is 0.251 e. The summed E-state index contributed by atoms with van der Waals surface area (Å²) in [6, 6.07) is 7.91. The average molecular weight is 343 g/mol. The van der Waals surface area contributed by atoms with Crippen molar-refractivity contribution in [2.24, 2.45) is 5.92 Å². The molecule has 0 unspecified atom stereocenters. The lowest BCUT2D eigenvalue weighted by Crippen LogP contribution is -2.50. The molecule has 1 aromatic carbocycles. The second-order valence-corrected chi connectivity index (χ2v) is 7.32. The van der Waals surface area contributed by atoms with E-state index in [1.807, 2.05) is 23.1 Å². The van der Waals surface area contributed by atoms with E-state index in [2.05, 4.69) is 23.3 Å². The third-order valence-electron chi connectivity index (χ3n) is 5.67. The van der Waals surface area contributed by atoms with Gasteiger partial charge in [0.1, 0.15) is 0 Å². The molecule has 1 heterocycles. The van der Waals surface area contributed by atoms with Crippen molar-refractivity contribution >= 4 is 11.8 Å². The first-order chi connectivity index (χ1) is 12.1. The van der Waals surface area contributed by atoms with Gasteiger partial charge in [0.2, 0.25) is 5.91 Å². The second kappa shape index (κ2) is 8.00. The van der Waals surface area contributed by atoms with Gasteiger partial charge in [0, 0.05) is 38.2 Å². The van der Waals surface area contributed by atoms with Crippen molar-refractivity contribution in [1.29, 1.82) is 0 Å². The molecular formula is C20H29N3O2. The number of carbonyl (C=O) groups excluding carboxylic acids is 2. The fourth-order valence-electron chi connectivity index (χ4n) is 4.07. The summed E-state index contributed by atoms with van der Waals surface area (Å²) in [7, 11) is 3.74. The Morgan fingerprint density at radius 3 is 2.60 bits per heavy atom. The molecule has 2 aliphatic rings. The Bertz CT molecular complexity index is 625. The molecule has 0 bridgehead atoms. The van der Waals surface area contributed by atoms with E-state index < -0.39 is 0 Å². The Labute approximate surface area is 150 Å². The quantitative estimate of drug-likeness (QED) is 0.917. The molecule has 2 fully saturated rings. The molecule has 0 spiro atoms. The molecule has 1 aromatic rings. The minimum Gasteiger partial charge on any atom is -0.355 e. The van der Waals surface area contributed by atoms with Crippen molar-refractivity contribution in [2.75, 3.05) is 33.7 Å². The Kier molecular flexibility index (Phi) is 5.74. The molecule has 5 heteroatoms. The first-order valence-corrected chi connectivity index (χ1v) is 9.41. The number of nitrogens with one attached hydrogen (secondary N) is 1. The molecule has 5 nitrogen and oxygen atoms in total. The fourth-order valence-corrected chi connectivity index (χ4v) is 4.07. The van der Waals surface area contributed by atoms with E-state index in [9.17, 15) is 9.59 Å². The van der Waals surface area contributed by atoms with E-state index in [1.165, 1.54) is 19.3 Å². The topological polar surface area (TPSA) is 52.7 Å². The van der Waals surface area contributed by atoms with E-state index in [0.717, 1.165) is 31.5 Å². The van der Waals surface area contributed by atoms with Crippen LogP contribution in [0.3, 0.4) is 0 Å². The van der Waals surface area contributed by atoms with Crippen LogP contribution in [0.4, 0.5) is 0 Å². The third-order valence-corrected chi connectivity index (χ3v) is 5.67. The lowest BCUT2D eigenvalue weighted by molar-refractivity contribution is -0.139.